The van der Waals surface area contributed by atoms with Gasteiger partial charge in [0.15, 0.2) is 0 Å². The Morgan fingerprint density at radius 2 is 1.83 bits per heavy atom. The predicted molar refractivity (Wildman–Crippen MR) is 146 cm³/mol. The highest BCUT2D eigenvalue weighted by Gasteiger charge is 2.44. The molecule has 3 rings (SSSR count). The van der Waals surface area contributed by atoms with Crippen molar-refractivity contribution in [1.82, 2.24) is 0 Å². The Bertz CT molecular complexity index is 1060. The van der Waals surface area contributed by atoms with Gasteiger partial charge in [-0.1, -0.05) is 65.2 Å². The summed E-state index contributed by atoms with van der Waals surface area (Å²) >= 11 is 0. The Balaban J connectivity index is 2.16. The van der Waals surface area contributed by atoms with E-state index in [2.05, 4.69) is 32.9 Å². The van der Waals surface area contributed by atoms with Crippen molar-refractivity contribution in [2.75, 3.05) is 0 Å². The zero-order valence-electron chi connectivity index (χ0n) is 22.1. The molecule has 1 aliphatic carbocycles. The van der Waals surface area contributed by atoms with Crippen molar-refractivity contribution >= 4 is 5.84 Å². The fraction of sp³-hybridized carbons (Fsp3) is 0.548. The fourth-order valence-corrected chi connectivity index (χ4v) is 6.07. The van der Waals surface area contributed by atoms with E-state index in [0.717, 1.165) is 48.3 Å². The van der Waals surface area contributed by atoms with E-state index in [1.807, 2.05) is 37.3 Å². The maximum Gasteiger partial charge on any atom is 0.121 e. The summed E-state index contributed by atoms with van der Waals surface area (Å²) < 4.78 is 0. The molecule has 0 bridgehead atoms. The van der Waals surface area contributed by atoms with Crippen LogP contribution in [0.4, 0.5) is 0 Å². The third-order valence-corrected chi connectivity index (χ3v) is 8.37. The summed E-state index contributed by atoms with van der Waals surface area (Å²) in [6.07, 6.45) is 10.7. The number of nitrogens with zero attached hydrogens (tertiary/aromatic N) is 2. The van der Waals surface area contributed by atoms with Gasteiger partial charge in [0.2, 0.25) is 0 Å². The van der Waals surface area contributed by atoms with Crippen LogP contribution in [-0.2, 0) is 5.54 Å². The highest BCUT2D eigenvalue weighted by atomic mass is 16.3. The number of nitriles is 1. The Labute approximate surface area is 212 Å². The molecule has 4 nitrogen and oxygen atoms in total. The minimum atomic E-state index is -0.573. The Kier molecular flexibility index (Phi) is 9.00. The van der Waals surface area contributed by atoms with Crippen molar-refractivity contribution in [3.8, 4) is 22.9 Å². The number of rotatable bonds is 10. The van der Waals surface area contributed by atoms with Crippen molar-refractivity contribution < 1.29 is 5.11 Å². The van der Waals surface area contributed by atoms with E-state index >= 15 is 0 Å². The number of phenols is 1. The summed E-state index contributed by atoms with van der Waals surface area (Å²) in [5, 5.41) is 20.6. The smallest absolute Gasteiger partial charge is 0.121 e. The number of aromatic hydroxyl groups is 1. The quantitative estimate of drug-likeness (QED) is 0.270. The highest BCUT2D eigenvalue weighted by molar-refractivity contribution is 5.80. The van der Waals surface area contributed by atoms with Gasteiger partial charge in [0.1, 0.15) is 5.75 Å². The number of benzene rings is 2. The number of hydrogen-bond donors (Lipinski definition) is 2. The molecule has 1 unspecified atom stereocenters. The fourth-order valence-electron chi connectivity index (χ4n) is 6.07. The maximum absolute atomic E-state index is 11.2. The van der Waals surface area contributed by atoms with Crippen molar-refractivity contribution in [2.45, 2.75) is 97.4 Å². The van der Waals surface area contributed by atoms with Gasteiger partial charge in [0.05, 0.1) is 23.0 Å². The maximum atomic E-state index is 11.2. The van der Waals surface area contributed by atoms with Crippen molar-refractivity contribution in [2.24, 2.45) is 22.1 Å². The first kappa shape index (κ1) is 26.8. The van der Waals surface area contributed by atoms with Crippen LogP contribution in [-0.4, -0.2) is 10.9 Å². The van der Waals surface area contributed by atoms with E-state index < -0.39 is 5.54 Å². The van der Waals surface area contributed by atoms with Crippen molar-refractivity contribution in [3.63, 3.8) is 0 Å². The number of amidine groups is 1. The standard InChI is InChI=1S/C31H43N3O/c1-5-16-31(34-29(33)7-3,22-30(8-4)17-14-23(6-2)15-18-30)27-20-26(12-13-28(27)35)25-11-9-10-24(19-25)21-32/h9-13,19-20,23,35H,5-8,14-18,22H2,1-4H3,(H2,33,34). The predicted octanol–water partition coefficient (Wildman–Crippen LogP) is 8.08. The van der Waals surface area contributed by atoms with E-state index in [4.69, 9.17) is 10.7 Å². The molecule has 2 aromatic carbocycles. The minimum absolute atomic E-state index is 0.196. The van der Waals surface area contributed by atoms with Gasteiger partial charge in [0.25, 0.3) is 0 Å². The topological polar surface area (TPSA) is 82.4 Å². The third kappa shape index (κ3) is 6.07. The van der Waals surface area contributed by atoms with Crippen LogP contribution in [0.2, 0.25) is 0 Å². The third-order valence-electron chi connectivity index (χ3n) is 8.37. The Hall–Kier alpha value is -2.80. The van der Waals surface area contributed by atoms with E-state index in [1.165, 1.54) is 32.1 Å². The first-order valence-corrected chi connectivity index (χ1v) is 13.5. The molecular weight excluding hydrogens is 430 g/mol. The van der Waals surface area contributed by atoms with Crippen LogP contribution in [0.5, 0.6) is 5.75 Å². The van der Waals surface area contributed by atoms with Crippen molar-refractivity contribution in [1.29, 1.82) is 5.26 Å². The summed E-state index contributed by atoms with van der Waals surface area (Å²) in [5.74, 6) is 1.74. The molecule has 1 fully saturated rings. The van der Waals surface area contributed by atoms with E-state index in [0.29, 0.717) is 17.8 Å². The summed E-state index contributed by atoms with van der Waals surface area (Å²) in [7, 11) is 0. The van der Waals surface area contributed by atoms with Gasteiger partial charge in [-0.3, -0.25) is 4.99 Å². The highest BCUT2D eigenvalue weighted by Crippen LogP contribution is 2.53. The number of nitrogens with two attached hydrogens (primary N) is 1. The van der Waals surface area contributed by atoms with Gasteiger partial charge in [0, 0.05) is 12.0 Å². The van der Waals surface area contributed by atoms with Crippen LogP contribution < -0.4 is 5.73 Å². The second kappa shape index (κ2) is 11.8. The molecule has 35 heavy (non-hydrogen) atoms. The summed E-state index contributed by atoms with van der Waals surface area (Å²) in [4.78, 5) is 5.22. The SMILES string of the molecule is CCCC(CC1(CC)CCC(CC)CC1)(N=C(N)CC)c1cc(-c2cccc(C#N)c2)ccc1O. The number of aliphatic imine (C=N–C) groups is 1. The summed E-state index contributed by atoms with van der Waals surface area (Å²) in [6, 6.07) is 15.7. The molecule has 4 heteroatoms. The molecule has 2 aromatic rings. The molecule has 0 saturated heterocycles. The van der Waals surface area contributed by atoms with E-state index in [9.17, 15) is 10.4 Å². The minimum Gasteiger partial charge on any atom is -0.508 e. The molecule has 0 aliphatic heterocycles. The van der Waals surface area contributed by atoms with Gasteiger partial charge >= 0.3 is 0 Å². The van der Waals surface area contributed by atoms with Gasteiger partial charge in [-0.15, -0.1) is 0 Å². The lowest BCUT2D eigenvalue weighted by molar-refractivity contribution is 0.0900. The lowest BCUT2D eigenvalue weighted by Crippen LogP contribution is -2.38. The van der Waals surface area contributed by atoms with Crippen LogP contribution in [0.3, 0.4) is 0 Å². The molecular formula is C31H43N3O. The molecule has 3 N–H and O–H groups in total. The Morgan fingerprint density at radius 3 is 2.43 bits per heavy atom. The van der Waals surface area contributed by atoms with E-state index in [1.54, 1.807) is 6.07 Å². The lowest BCUT2D eigenvalue weighted by Gasteiger charge is -2.46. The van der Waals surface area contributed by atoms with Crippen LogP contribution in [0.25, 0.3) is 11.1 Å². The van der Waals surface area contributed by atoms with Gasteiger partial charge in [-0.2, -0.15) is 5.26 Å². The van der Waals surface area contributed by atoms with Gasteiger partial charge in [-0.25, -0.2) is 0 Å². The average Bonchev–Trinajstić information content (AvgIpc) is 2.89. The molecule has 1 aliphatic rings. The second-order valence-electron chi connectivity index (χ2n) is 10.5. The molecule has 0 spiro atoms. The zero-order chi connectivity index (χ0) is 25.5. The molecule has 188 valence electrons. The zero-order valence-corrected chi connectivity index (χ0v) is 22.1. The second-order valence-corrected chi connectivity index (χ2v) is 10.5. The van der Waals surface area contributed by atoms with Gasteiger partial charge < -0.3 is 10.8 Å². The van der Waals surface area contributed by atoms with Crippen LogP contribution in [0.15, 0.2) is 47.5 Å². The molecule has 1 atom stereocenters. The van der Waals surface area contributed by atoms with Crippen molar-refractivity contribution in [3.05, 3.63) is 53.6 Å². The Morgan fingerprint density at radius 1 is 1.11 bits per heavy atom. The first-order valence-electron chi connectivity index (χ1n) is 13.5. The van der Waals surface area contributed by atoms with Crippen LogP contribution in [0, 0.1) is 22.7 Å². The summed E-state index contributed by atoms with van der Waals surface area (Å²) in [5.41, 5.74) is 9.50. The molecule has 0 radical (unpaired) electrons. The largest absolute Gasteiger partial charge is 0.508 e. The van der Waals surface area contributed by atoms with E-state index in [-0.39, 0.29) is 11.2 Å². The molecule has 0 heterocycles. The molecule has 0 amide bonds. The van der Waals surface area contributed by atoms with Crippen LogP contribution in [0.1, 0.15) is 103 Å². The summed E-state index contributed by atoms with van der Waals surface area (Å²) in [6.45, 7) is 8.86. The van der Waals surface area contributed by atoms with Crippen LogP contribution >= 0.6 is 0 Å². The number of phenolic OH excluding ortho intramolecular Hbond substituents is 1. The molecule has 0 aromatic heterocycles. The number of hydrogen-bond acceptors (Lipinski definition) is 3. The average molecular weight is 474 g/mol. The normalized spacial score (nSPS) is 22.4. The first-order chi connectivity index (χ1) is 16.8. The lowest BCUT2D eigenvalue weighted by atomic mass is 9.61. The van der Waals surface area contributed by atoms with Gasteiger partial charge in [-0.05, 0) is 85.3 Å². The molecule has 1 saturated carbocycles. The monoisotopic (exact) mass is 473 g/mol.